The Morgan fingerprint density at radius 2 is 2.05 bits per heavy atom. The van der Waals surface area contributed by atoms with E-state index in [1.54, 1.807) is 18.2 Å². The van der Waals surface area contributed by atoms with Gasteiger partial charge in [-0.15, -0.1) is 0 Å². The molecule has 2 rings (SSSR count). The summed E-state index contributed by atoms with van der Waals surface area (Å²) in [6.07, 6.45) is 3.20. The van der Waals surface area contributed by atoms with E-state index in [1.165, 1.54) is 6.33 Å². The quantitative estimate of drug-likeness (QED) is 0.893. The second-order valence-corrected chi connectivity index (χ2v) is 4.93. The van der Waals surface area contributed by atoms with E-state index >= 15 is 0 Å². The fourth-order valence-corrected chi connectivity index (χ4v) is 2.20. The van der Waals surface area contributed by atoms with Crippen molar-refractivity contribution in [3.8, 4) is 0 Å². The van der Waals surface area contributed by atoms with Gasteiger partial charge in [0.15, 0.2) is 0 Å². The third-order valence-electron chi connectivity index (χ3n) is 2.66. The van der Waals surface area contributed by atoms with E-state index in [0.717, 1.165) is 24.1 Å². The average Bonchev–Trinajstić information content (AvgIpc) is 2.37. The molecule has 0 aliphatic heterocycles. The summed E-state index contributed by atoms with van der Waals surface area (Å²) >= 11 is 12.0. The van der Waals surface area contributed by atoms with Crippen LogP contribution in [0.2, 0.25) is 10.0 Å². The number of rotatable bonds is 4. The molecule has 19 heavy (non-hydrogen) atoms. The number of nitrogens with one attached hydrogen (secondary N) is 1. The Kier molecular flexibility index (Phi) is 4.45. The van der Waals surface area contributed by atoms with Crippen molar-refractivity contribution in [1.29, 1.82) is 0 Å². The highest BCUT2D eigenvalue weighted by molar-refractivity contribution is 6.36. The lowest BCUT2D eigenvalue weighted by molar-refractivity contribution is 0.908. The fourth-order valence-electron chi connectivity index (χ4n) is 1.75. The molecule has 0 aliphatic rings. The molecule has 100 valence electrons. The van der Waals surface area contributed by atoms with Crippen LogP contribution in [-0.2, 0) is 6.42 Å². The van der Waals surface area contributed by atoms with Crippen LogP contribution >= 0.6 is 23.2 Å². The number of nitrogen functional groups attached to an aromatic ring is 1. The van der Waals surface area contributed by atoms with Gasteiger partial charge in [0.1, 0.15) is 18.0 Å². The molecule has 0 radical (unpaired) electrons. The molecule has 1 aromatic heterocycles. The number of nitrogens with two attached hydrogens (primary N) is 1. The molecular weight excluding hydrogens is 283 g/mol. The molecule has 3 N–H and O–H groups in total. The van der Waals surface area contributed by atoms with Crippen LogP contribution in [0.15, 0.2) is 24.5 Å². The largest absolute Gasteiger partial charge is 0.383 e. The normalized spacial score (nSPS) is 10.5. The minimum atomic E-state index is 0.490. The summed E-state index contributed by atoms with van der Waals surface area (Å²) in [7, 11) is 0. The van der Waals surface area contributed by atoms with Crippen LogP contribution in [-0.4, -0.2) is 9.97 Å². The van der Waals surface area contributed by atoms with Gasteiger partial charge in [0.25, 0.3) is 0 Å². The number of nitrogens with zero attached hydrogens (tertiary/aromatic N) is 2. The van der Waals surface area contributed by atoms with Gasteiger partial charge in [-0.3, -0.25) is 0 Å². The smallest absolute Gasteiger partial charge is 0.139 e. The number of aromatic nitrogens is 2. The van der Waals surface area contributed by atoms with Crippen LogP contribution < -0.4 is 11.1 Å². The first-order valence-electron chi connectivity index (χ1n) is 5.93. The monoisotopic (exact) mass is 296 g/mol. The second-order valence-electron chi connectivity index (χ2n) is 4.09. The molecule has 0 atom stereocenters. The van der Waals surface area contributed by atoms with Gasteiger partial charge in [-0.2, -0.15) is 0 Å². The molecule has 0 saturated carbocycles. The Morgan fingerprint density at radius 1 is 1.26 bits per heavy atom. The Bertz CT molecular complexity index is 587. The minimum Gasteiger partial charge on any atom is -0.383 e. The predicted octanol–water partition coefficient (Wildman–Crippen LogP) is 4.06. The number of anilines is 3. The van der Waals surface area contributed by atoms with Gasteiger partial charge in [0, 0.05) is 10.6 Å². The van der Waals surface area contributed by atoms with Crippen LogP contribution in [0.1, 0.15) is 18.9 Å². The van der Waals surface area contributed by atoms with Crippen molar-refractivity contribution in [2.75, 3.05) is 11.1 Å². The molecule has 0 amide bonds. The van der Waals surface area contributed by atoms with E-state index in [4.69, 9.17) is 28.9 Å². The maximum atomic E-state index is 6.13. The van der Waals surface area contributed by atoms with Crippen LogP contribution in [0.3, 0.4) is 0 Å². The van der Waals surface area contributed by atoms with Crippen molar-refractivity contribution in [3.63, 3.8) is 0 Å². The summed E-state index contributed by atoms with van der Waals surface area (Å²) in [5.74, 6) is 1.17. The average molecular weight is 297 g/mol. The van der Waals surface area contributed by atoms with Gasteiger partial charge >= 0.3 is 0 Å². The van der Waals surface area contributed by atoms with Gasteiger partial charge < -0.3 is 11.1 Å². The highest BCUT2D eigenvalue weighted by atomic mass is 35.5. The summed E-state index contributed by atoms with van der Waals surface area (Å²) < 4.78 is 0. The number of hydrogen-bond acceptors (Lipinski definition) is 4. The van der Waals surface area contributed by atoms with E-state index in [-0.39, 0.29) is 0 Å². The summed E-state index contributed by atoms with van der Waals surface area (Å²) in [4.78, 5) is 8.23. The molecule has 1 aromatic carbocycles. The van der Waals surface area contributed by atoms with Crippen molar-refractivity contribution >= 4 is 40.5 Å². The molecule has 4 nitrogen and oxygen atoms in total. The molecule has 0 spiro atoms. The third kappa shape index (κ3) is 3.28. The van der Waals surface area contributed by atoms with Crippen molar-refractivity contribution in [1.82, 2.24) is 9.97 Å². The van der Waals surface area contributed by atoms with E-state index in [9.17, 15) is 0 Å². The zero-order valence-electron chi connectivity index (χ0n) is 10.5. The zero-order chi connectivity index (χ0) is 13.8. The molecular formula is C13H14Cl2N4. The number of halogens is 2. The van der Waals surface area contributed by atoms with Gasteiger partial charge in [-0.1, -0.05) is 36.5 Å². The molecule has 1 heterocycles. The van der Waals surface area contributed by atoms with Crippen molar-refractivity contribution in [2.24, 2.45) is 0 Å². The van der Waals surface area contributed by atoms with Crippen molar-refractivity contribution < 1.29 is 0 Å². The first kappa shape index (κ1) is 13.9. The molecule has 0 bridgehead atoms. The van der Waals surface area contributed by atoms with E-state index in [0.29, 0.717) is 21.7 Å². The fraction of sp³-hybridized carbons (Fsp3) is 0.231. The standard InChI is InChI=1S/C13H14Cl2N4/c1-2-3-9-12(16)17-7-18-13(9)19-11-5-4-8(14)6-10(11)15/h4-7H,2-3H2,1H3,(H3,16,17,18,19). The molecule has 2 aromatic rings. The number of hydrogen-bond donors (Lipinski definition) is 2. The lowest BCUT2D eigenvalue weighted by atomic mass is 10.1. The summed E-state index contributed by atoms with van der Waals surface area (Å²) in [6, 6.07) is 5.24. The third-order valence-corrected chi connectivity index (χ3v) is 3.21. The second kappa shape index (κ2) is 6.08. The van der Waals surface area contributed by atoms with Crippen molar-refractivity contribution in [3.05, 3.63) is 40.1 Å². The SMILES string of the molecule is CCCc1c(N)ncnc1Nc1ccc(Cl)cc1Cl. The van der Waals surface area contributed by atoms with Gasteiger partial charge in [0.05, 0.1) is 10.7 Å². The lowest BCUT2D eigenvalue weighted by Gasteiger charge is -2.13. The van der Waals surface area contributed by atoms with Crippen molar-refractivity contribution in [2.45, 2.75) is 19.8 Å². The molecule has 0 saturated heterocycles. The van der Waals surface area contributed by atoms with Gasteiger partial charge in [-0.25, -0.2) is 9.97 Å². The van der Waals surface area contributed by atoms with Gasteiger partial charge in [0.2, 0.25) is 0 Å². The summed E-state index contributed by atoms with van der Waals surface area (Å²) in [5.41, 5.74) is 7.51. The molecule has 0 unspecified atom stereocenters. The zero-order valence-corrected chi connectivity index (χ0v) is 12.0. The van der Waals surface area contributed by atoms with Crippen LogP contribution in [0, 0.1) is 0 Å². The van der Waals surface area contributed by atoms with E-state index in [2.05, 4.69) is 22.2 Å². The van der Waals surface area contributed by atoms with E-state index < -0.39 is 0 Å². The number of benzene rings is 1. The van der Waals surface area contributed by atoms with E-state index in [1.807, 2.05) is 0 Å². The maximum Gasteiger partial charge on any atom is 0.139 e. The Balaban J connectivity index is 2.35. The summed E-state index contributed by atoms with van der Waals surface area (Å²) in [6.45, 7) is 2.07. The van der Waals surface area contributed by atoms with Crippen LogP contribution in [0.5, 0.6) is 0 Å². The summed E-state index contributed by atoms with van der Waals surface area (Å²) in [5, 5.41) is 4.30. The Labute approximate surface area is 122 Å². The highest BCUT2D eigenvalue weighted by Crippen LogP contribution is 2.29. The van der Waals surface area contributed by atoms with Gasteiger partial charge in [-0.05, 0) is 24.6 Å². The predicted molar refractivity (Wildman–Crippen MR) is 80.2 cm³/mol. The first-order chi connectivity index (χ1) is 9.11. The Hall–Kier alpha value is -1.52. The lowest BCUT2D eigenvalue weighted by Crippen LogP contribution is -2.05. The minimum absolute atomic E-state index is 0.490. The highest BCUT2D eigenvalue weighted by Gasteiger charge is 2.10. The molecule has 0 fully saturated rings. The topological polar surface area (TPSA) is 63.8 Å². The van der Waals surface area contributed by atoms with Crippen LogP contribution in [0.25, 0.3) is 0 Å². The maximum absolute atomic E-state index is 6.13. The molecule has 0 aliphatic carbocycles. The van der Waals surface area contributed by atoms with Crippen LogP contribution in [0.4, 0.5) is 17.3 Å². The first-order valence-corrected chi connectivity index (χ1v) is 6.68. The Morgan fingerprint density at radius 3 is 2.74 bits per heavy atom. The molecule has 6 heteroatoms.